The third-order valence-electron chi connectivity index (χ3n) is 5.91. The number of nitrogens with zero attached hydrogens (tertiary/aromatic N) is 4. The molecule has 9 heteroatoms. The molecule has 0 saturated heterocycles. The first-order chi connectivity index (χ1) is 17.2. The number of carbonyl (C=O) groups is 1. The minimum Gasteiger partial charge on any atom is -0.490 e. The van der Waals surface area contributed by atoms with Crippen molar-refractivity contribution in [2.75, 3.05) is 13.2 Å². The lowest BCUT2D eigenvalue weighted by molar-refractivity contribution is 0.109. The number of hydrogen-bond acceptors (Lipinski definition) is 5. The minimum absolute atomic E-state index is 0.0767. The Morgan fingerprint density at radius 3 is 2.64 bits per heavy atom. The van der Waals surface area contributed by atoms with Crippen LogP contribution in [0.2, 0.25) is 0 Å². The number of unbranched alkanes of at least 4 members (excludes halogenated alkanes) is 1. The van der Waals surface area contributed by atoms with Gasteiger partial charge in [-0.2, -0.15) is 0 Å². The number of carbonyl (C=O) groups excluding carboxylic acids is 1. The maximum absolute atomic E-state index is 13.9. The van der Waals surface area contributed by atoms with Crippen LogP contribution < -0.4 is 9.47 Å². The van der Waals surface area contributed by atoms with E-state index in [0.717, 1.165) is 45.8 Å². The number of hydrogen-bond donors (Lipinski definition) is 0. The third-order valence-corrected chi connectivity index (χ3v) is 6.40. The fourth-order valence-electron chi connectivity index (χ4n) is 4.17. The molecule has 36 heavy (non-hydrogen) atoms. The number of fused-ring (bicyclic) bond motifs is 3. The third kappa shape index (κ3) is 5.78. The number of aryl methyl sites for hydroxylation is 1. The predicted molar refractivity (Wildman–Crippen MR) is 142 cm³/mol. The van der Waals surface area contributed by atoms with Crippen molar-refractivity contribution in [1.29, 1.82) is 0 Å². The van der Waals surface area contributed by atoms with Gasteiger partial charge in [0, 0.05) is 34.6 Å². The highest BCUT2D eigenvalue weighted by Gasteiger charge is 2.27. The molecule has 2 heterocycles. The molecule has 190 valence electrons. The van der Waals surface area contributed by atoms with Crippen LogP contribution >= 0.6 is 15.9 Å². The van der Waals surface area contributed by atoms with Gasteiger partial charge >= 0.3 is 6.09 Å². The van der Waals surface area contributed by atoms with E-state index in [1.165, 1.54) is 18.2 Å². The van der Waals surface area contributed by atoms with E-state index in [2.05, 4.69) is 36.5 Å². The van der Waals surface area contributed by atoms with E-state index in [1.54, 1.807) is 11.1 Å². The molecule has 4 rings (SSSR count). The lowest BCUT2D eigenvalue weighted by Gasteiger charge is -2.33. The van der Waals surface area contributed by atoms with E-state index in [9.17, 15) is 9.18 Å². The van der Waals surface area contributed by atoms with Crippen LogP contribution in [0, 0.1) is 5.82 Å². The monoisotopic (exact) mass is 556 g/mol. The number of rotatable bonds is 8. The smallest absolute Gasteiger partial charge is 0.415 e. The molecule has 0 aliphatic heterocycles. The number of pyridine rings is 1. The fraction of sp³-hybridized carbons (Fsp3) is 0.370. The van der Waals surface area contributed by atoms with Gasteiger partial charge in [-0.25, -0.2) is 14.2 Å². The van der Waals surface area contributed by atoms with Gasteiger partial charge in [-0.1, -0.05) is 15.9 Å². The zero-order valence-electron chi connectivity index (χ0n) is 20.9. The summed E-state index contributed by atoms with van der Waals surface area (Å²) in [6.07, 6.45) is 4.68. The summed E-state index contributed by atoms with van der Waals surface area (Å²) in [5.41, 5.74) is 2.40. The Morgan fingerprint density at radius 2 is 1.89 bits per heavy atom. The van der Waals surface area contributed by atoms with E-state index in [4.69, 9.17) is 9.47 Å². The Kier molecular flexibility index (Phi) is 7.78. The summed E-state index contributed by atoms with van der Waals surface area (Å²) in [6.45, 7) is 9.25. The molecule has 2 aromatic carbocycles. The van der Waals surface area contributed by atoms with Crippen molar-refractivity contribution in [2.45, 2.75) is 52.6 Å². The predicted octanol–water partition coefficient (Wildman–Crippen LogP) is 6.96. The maximum atomic E-state index is 13.9. The second kappa shape index (κ2) is 10.8. The number of imidazole rings is 1. The van der Waals surface area contributed by atoms with Crippen molar-refractivity contribution in [2.24, 2.45) is 0 Å². The molecule has 4 aromatic rings. The van der Waals surface area contributed by atoms with Crippen molar-refractivity contribution >= 4 is 44.0 Å². The van der Waals surface area contributed by atoms with Crippen molar-refractivity contribution in [3.63, 3.8) is 0 Å². The van der Waals surface area contributed by atoms with Gasteiger partial charge in [0.05, 0.1) is 30.2 Å². The molecule has 0 atom stereocenters. The molecule has 0 unspecified atom stereocenters. The SMILES string of the molecule is CCN(C(=O)Oc1cc(F)ccc1OCCCCn1cnc2cnc3ccc(Br)cc3c21)C(C)(C)C. The maximum Gasteiger partial charge on any atom is 0.415 e. The highest BCUT2D eigenvalue weighted by Crippen LogP contribution is 2.30. The largest absolute Gasteiger partial charge is 0.490 e. The molecule has 0 bridgehead atoms. The summed E-state index contributed by atoms with van der Waals surface area (Å²) in [6, 6.07) is 9.98. The first-order valence-corrected chi connectivity index (χ1v) is 12.8. The lowest BCUT2D eigenvalue weighted by atomic mass is 10.1. The number of benzene rings is 2. The van der Waals surface area contributed by atoms with E-state index in [-0.39, 0.29) is 5.75 Å². The van der Waals surface area contributed by atoms with Crippen LogP contribution in [-0.4, -0.2) is 44.2 Å². The molecule has 0 aliphatic rings. The number of halogens is 2. The van der Waals surface area contributed by atoms with Crippen molar-refractivity contribution in [1.82, 2.24) is 19.4 Å². The summed E-state index contributed by atoms with van der Waals surface area (Å²) in [7, 11) is 0. The van der Waals surface area contributed by atoms with Crippen LogP contribution in [0.15, 0.2) is 53.4 Å². The summed E-state index contributed by atoms with van der Waals surface area (Å²) < 4.78 is 28.4. The highest BCUT2D eigenvalue weighted by atomic mass is 79.9. The molecule has 7 nitrogen and oxygen atoms in total. The number of amides is 1. The zero-order chi connectivity index (χ0) is 25.9. The Bertz CT molecular complexity index is 1380. The quantitative estimate of drug-likeness (QED) is 0.219. The van der Waals surface area contributed by atoms with Crippen LogP contribution in [0.3, 0.4) is 0 Å². The van der Waals surface area contributed by atoms with Crippen LogP contribution in [0.4, 0.5) is 9.18 Å². The van der Waals surface area contributed by atoms with Gasteiger partial charge in [-0.15, -0.1) is 0 Å². The van der Waals surface area contributed by atoms with Crippen molar-refractivity contribution in [3.05, 3.63) is 59.2 Å². The van der Waals surface area contributed by atoms with Gasteiger partial charge in [0.25, 0.3) is 0 Å². The first-order valence-electron chi connectivity index (χ1n) is 12.0. The normalized spacial score (nSPS) is 11.7. The summed E-state index contributed by atoms with van der Waals surface area (Å²) in [5.74, 6) is -0.0816. The molecule has 0 N–H and O–H groups in total. The minimum atomic E-state index is -0.541. The molecule has 0 saturated carbocycles. The average Bonchev–Trinajstić information content (AvgIpc) is 3.23. The van der Waals surface area contributed by atoms with Crippen LogP contribution in [0.1, 0.15) is 40.5 Å². The van der Waals surface area contributed by atoms with E-state index in [0.29, 0.717) is 18.9 Å². The zero-order valence-corrected chi connectivity index (χ0v) is 22.5. The lowest BCUT2D eigenvalue weighted by Crippen LogP contribution is -2.46. The molecule has 0 aliphatic carbocycles. The van der Waals surface area contributed by atoms with Crippen LogP contribution in [-0.2, 0) is 6.54 Å². The van der Waals surface area contributed by atoms with Crippen LogP contribution in [0.5, 0.6) is 11.5 Å². The van der Waals surface area contributed by atoms with Gasteiger partial charge in [0.1, 0.15) is 11.3 Å². The Hall–Kier alpha value is -3.20. The van der Waals surface area contributed by atoms with Gasteiger partial charge in [0.15, 0.2) is 11.5 Å². The highest BCUT2D eigenvalue weighted by molar-refractivity contribution is 9.10. The molecule has 0 spiro atoms. The Labute approximate surface area is 218 Å². The standard InChI is InChI=1S/C27H30BrFN4O3/c1-5-33(27(2,3)4)26(34)36-24-15-19(29)9-11-23(24)35-13-7-6-12-32-17-31-22-16-30-21-10-8-18(28)14-20(21)25(22)32/h8-11,14-17H,5-7,12-13H2,1-4H3. The average molecular weight is 557 g/mol. The Balaban J connectivity index is 1.39. The second-order valence-electron chi connectivity index (χ2n) is 9.52. The van der Waals surface area contributed by atoms with Gasteiger partial charge in [-0.05, 0) is 70.9 Å². The van der Waals surface area contributed by atoms with E-state index >= 15 is 0 Å². The first kappa shape index (κ1) is 25.9. The van der Waals surface area contributed by atoms with E-state index < -0.39 is 17.4 Å². The number of ether oxygens (including phenoxy) is 2. The molecular weight excluding hydrogens is 527 g/mol. The molecule has 1 amide bonds. The Morgan fingerprint density at radius 1 is 1.08 bits per heavy atom. The summed E-state index contributed by atoms with van der Waals surface area (Å²) in [4.78, 5) is 23.3. The summed E-state index contributed by atoms with van der Waals surface area (Å²) in [5, 5.41) is 1.05. The second-order valence-corrected chi connectivity index (χ2v) is 10.4. The van der Waals surface area contributed by atoms with Crippen molar-refractivity contribution < 1.29 is 18.7 Å². The van der Waals surface area contributed by atoms with E-state index in [1.807, 2.05) is 46.2 Å². The van der Waals surface area contributed by atoms with Crippen LogP contribution in [0.25, 0.3) is 21.9 Å². The molecular formula is C27H30BrFN4O3. The number of aromatic nitrogens is 3. The van der Waals surface area contributed by atoms with Gasteiger partial charge < -0.3 is 18.9 Å². The molecule has 0 fully saturated rings. The molecule has 2 aromatic heterocycles. The van der Waals surface area contributed by atoms with Gasteiger partial charge in [-0.3, -0.25) is 4.98 Å². The topological polar surface area (TPSA) is 69.5 Å². The van der Waals surface area contributed by atoms with Gasteiger partial charge in [0.2, 0.25) is 0 Å². The summed E-state index contributed by atoms with van der Waals surface area (Å²) >= 11 is 3.54. The fourth-order valence-corrected chi connectivity index (χ4v) is 4.53. The van der Waals surface area contributed by atoms with Crippen molar-refractivity contribution in [3.8, 4) is 11.5 Å². The molecule has 0 radical (unpaired) electrons.